The maximum atomic E-state index is 14.1. The number of hydrogen-bond acceptors (Lipinski definition) is 19. The third-order valence-corrected chi connectivity index (χ3v) is 15.6. The first-order valence-electron chi connectivity index (χ1n) is 30.4. The number of ketones is 4. The Labute approximate surface area is 532 Å². The molecule has 0 radical (unpaired) electrons. The number of nitrogens with one attached hydrogen (secondary N) is 7. The van der Waals surface area contributed by atoms with Crippen LogP contribution in [0.2, 0.25) is 0 Å². The van der Waals surface area contributed by atoms with Gasteiger partial charge in [0.25, 0.3) is 11.5 Å². The number of benzene rings is 2. The van der Waals surface area contributed by atoms with Gasteiger partial charge in [0.15, 0.2) is 16.9 Å². The lowest BCUT2D eigenvalue weighted by molar-refractivity contribution is -0.142. The van der Waals surface area contributed by atoms with E-state index in [1.165, 1.54) is 46.0 Å². The number of carbonyl (C=O) groups is 10. The van der Waals surface area contributed by atoms with Crippen LogP contribution in [0.5, 0.6) is 0 Å². The standard InChI is InChI=1S/C62H87IN14O12/c1-41(78)37-74-27-29-75(38-42(2)79)31-33-77(34-32-76(30-28-74)39-43(3)80)40-56(84)65-26-9-7-13-53(62(88)89)71-55(83)24-23-52(60(86)72-51(44(4)81)12-6-8-25-64-54(82)14-10-11-46-15-19-48(63)20-16-46)73-59(85)47-17-21-49(22-18-47)66-35-50-36-67-58-57(70-50)61(87)69-45(5)68-58/h15-22,36,51-53,66H,6-14,23-35,37-40H2,1-5H3,(H,64,82)(H,65,84)(H,71,83)(H,72,86)(H,73,85)(H,88,89)(H,67,68,69,87)/t51?,52-,53?/m0/s1. The summed E-state index contributed by atoms with van der Waals surface area (Å²) in [6.45, 7) is 13.1. The number of H-pyrrole nitrogens is 1. The SMILES string of the molecule is CC(=O)CN1CCN(CC(C)=O)CCN(CC(=O)NCCCCC(NC(=O)CC[C@H](NC(=O)c2ccc(NCc3cnc4nc(C)[nH]c(=O)c4n3)cc2)C(=O)NC(CCCCNC(=O)CCCc2ccc(I)cc2)C(C)=O)C(=O)O)CCN(CC(C)=O)CC1. The van der Waals surface area contributed by atoms with Gasteiger partial charge in [0.05, 0.1) is 50.7 Å². The summed E-state index contributed by atoms with van der Waals surface area (Å²) in [5.74, 6) is -3.70. The number of aryl methyl sites for hydroxylation is 2. The van der Waals surface area contributed by atoms with Gasteiger partial charge in [-0.25, -0.2) is 19.7 Å². The van der Waals surface area contributed by atoms with Crippen LogP contribution in [-0.2, 0) is 56.1 Å². The molecule has 3 heterocycles. The van der Waals surface area contributed by atoms with Crippen LogP contribution in [0.4, 0.5) is 5.69 Å². The Kier molecular flexibility index (Phi) is 31.0. The van der Waals surface area contributed by atoms with Crippen LogP contribution >= 0.6 is 22.6 Å². The van der Waals surface area contributed by atoms with Gasteiger partial charge in [-0.2, -0.15) is 0 Å². The smallest absolute Gasteiger partial charge is 0.326 e. The predicted molar refractivity (Wildman–Crippen MR) is 343 cm³/mol. The number of aromatic nitrogens is 4. The van der Waals surface area contributed by atoms with Crippen molar-refractivity contribution in [2.45, 2.75) is 130 Å². The Balaban J connectivity index is 1.14. The van der Waals surface area contributed by atoms with Gasteiger partial charge in [0.2, 0.25) is 23.6 Å². The molecule has 0 spiro atoms. The quantitative estimate of drug-likeness (QED) is 0.0242. The van der Waals surface area contributed by atoms with E-state index < -0.39 is 47.4 Å². The van der Waals surface area contributed by atoms with Gasteiger partial charge in [-0.15, -0.1) is 0 Å². The molecule has 4 aromatic rings. The summed E-state index contributed by atoms with van der Waals surface area (Å²) in [6.07, 6.45) is 4.58. The van der Waals surface area contributed by atoms with Gasteiger partial charge >= 0.3 is 5.97 Å². The second-order valence-electron chi connectivity index (χ2n) is 22.7. The first kappa shape index (κ1) is 72.3. The molecular weight excluding hydrogens is 1260 g/mol. The topological polar surface area (TPSA) is 348 Å². The van der Waals surface area contributed by atoms with Gasteiger partial charge in [0, 0.05) is 93.1 Å². The van der Waals surface area contributed by atoms with E-state index in [1.807, 2.05) is 43.9 Å². The molecule has 0 saturated carbocycles. The lowest BCUT2D eigenvalue weighted by Crippen LogP contribution is -2.51. The number of unbranched alkanes of at least 4 members (excludes halogenated alkanes) is 2. The fourth-order valence-electron chi connectivity index (χ4n) is 10.0. The monoisotopic (exact) mass is 1350 g/mol. The summed E-state index contributed by atoms with van der Waals surface area (Å²) < 4.78 is 1.13. The van der Waals surface area contributed by atoms with E-state index in [1.54, 1.807) is 19.1 Å². The zero-order chi connectivity index (χ0) is 64.8. The van der Waals surface area contributed by atoms with E-state index >= 15 is 0 Å². The number of aromatic amines is 1. The minimum absolute atomic E-state index is 0.00790. The highest BCUT2D eigenvalue weighted by atomic mass is 127. The van der Waals surface area contributed by atoms with Gasteiger partial charge < -0.3 is 42.0 Å². The van der Waals surface area contributed by atoms with Crippen molar-refractivity contribution in [3.63, 3.8) is 0 Å². The van der Waals surface area contributed by atoms with Crippen molar-refractivity contribution in [1.29, 1.82) is 0 Å². The molecule has 2 aromatic carbocycles. The molecule has 5 amide bonds. The van der Waals surface area contributed by atoms with E-state index in [0.717, 1.165) is 15.6 Å². The van der Waals surface area contributed by atoms with E-state index in [4.69, 9.17) is 0 Å². The minimum Gasteiger partial charge on any atom is -0.480 e. The zero-order valence-corrected chi connectivity index (χ0v) is 53.9. The van der Waals surface area contributed by atoms with Crippen molar-refractivity contribution in [2.24, 2.45) is 0 Å². The lowest BCUT2D eigenvalue weighted by Gasteiger charge is -2.33. The Bertz CT molecular complexity index is 3080. The third-order valence-electron chi connectivity index (χ3n) is 14.8. The highest BCUT2D eigenvalue weighted by molar-refractivity contribution is 14.1. The van der Waals surface area contributed by atoms with Crippen molar-refractivity contribution < 1.29 is 53.1 Å². The summed E-state index contributed by atoms with van der Waals surface area (Å²) >= 11 is 2.24. The molecular formula is C62H87IN14O12. The van der Waals surface area contributed by atoms with Crippen LogP contribution in [0.25, 0.3) is 11.2 Å². The van der Waals surface area contributed by atoms with E-state index in [2.05, 4.69) is 74.4 Å². The number of amides is 5. The number of halogens is 1. The summed E-state index contributed by atoms with van der Waals surface area (Å²) in [6, 6.07) is 10.8. The fraction of sp³-hybridized carbons (Fsp3) is 0.548. The lowest BCUT2D eigenvalue weighted by atomic mass is 10.0. The second-order valence-corrected chi connectivity index (χ2v) is 23.9. The van der Waals surface area contributed by atoms with Crippen molar-refractivity contribution in [1.82, 2.24) is 66.1 Å². The number of carboxylic acids is 1. The molecule has 89 heavy (non-hydrogen) atoms. The molecule has 1 saturated heterocycles. The number of aliphatic carboxylic acids is 1. The van der Waals surface area contributed by atoms with E-state index in [-0.39, 0.29) is 117 Å². The normalized spacial score (nSPS) is 14.9. The van der Waals surface area contributed by atoms with Crippen molar-refractivity contribution in [3.8, 4) is 0 Å². The number of nitrogens with zero attached hydrogens (tertiary/aromatic N) is 7. The van der Waals surface area contributed by atoms with E-state index in [0.29, 0.717) is 115 Å². The Morgan fingerprint density at radius 2 is 1.13 bits per heavy atom. The Morgan fingerprint density at radius 3 is 1.67 bits per heavy atom. The van der Waals surface area contributed by atoms with Gasteiger partial charge in [-0.1, -0.05) is 12.1 Å². The van der Waals surface area contributed by atoms with Gasteiger partial charge in [-0.05, 0) is 157 Å². The first-order chi connectivity index (χ1) is 42.5. The Hall–Kier alpha value is -7.47. The summed E-state index contributed by atoms with van der Waals surface area (Å²) in [5.41, 5.74) is 2.22. The number of fused-ring (bicyclic) bond motifs is 1. The Morgan fingerprint density at radius 1 is 0.596 bits per heavy atom. The van der Waals surface area contributed by atoms with Crippen molar-refractivity contribution >= 4 is 98.1 Å². The molecule has 1 fully saturated rings. The average Bonchev–Trinajstić information content (AvgIpc) is 1.39. The fourth-order valence-corrected chi connectivity index (χ4v) is 10.4. The maximum absolute atomic E-state index is 14.1. The number of carboxylic acid groups (broad SMARTS) is 1. The second kappa shape index (κ2) is 38.2. The number of Topliss-reactive ketones (excluding diaryl/α,β-unsaturated/α-hetero) is 4. The largest absolute Gasteiger partial charge is 0.480 e. The maximum Gasteiger partial charge on any atom is 0.326 e. The van der Waals surface area contributed by atoms with Gasteiger partial charge in [-0.3, -0.25) is 67.5 Å². The molecule has 5 rings (SSSR count). The number of anilines is 1. The van der Waals surface area contributed by atoms with Crippen molar-refractivity contribution in [3.05, 3.63) is 91.3 Å². The predicted octanol–water partition coefficient (Wildman–Crippen LogP) is 2.34. The van der Waals surface area contributed by atoms with Crippen LogP contribution in [-0.4, -0.2) is 213 Å². The zero-order valence-electron chi connectivity index (χ0n) is 51.8. The molecule has 27 heteroatoms. The molecule has 2 unspecified atom stereocenters. The van der Waals surface area contributed by atoms with Crippen LogP contribution in [0.15, 0.2) is 59.5 Å². The molecule has 1 aliphatic rings. The van der Waals surface area contributed by atoms with Crippen LogP contribution in [0, 0.1) is 10.5 Å². The highest BCUT2D eigenvalue weighted by Crippen LogP contribution is 2.15. The summed E-state index contributed by atoms with van der Waals surface area (Å²) in [7, 11) is 0. The highest BCUT2D eigenvalue weighted by Gasteiger charge is 2.28. The van der Waals surface area contributed by atoms with Crippen molar-refractivity contribution in [2.75, 3.05) is 96.9 Å². The molecule has 3 atom stereocenters. The molecule has 1 aliphatic heterocycles. The summed E-state index contributed by atoms with van der Waals surface area (Å²) in [4.78, 5) is 165. The molecule has 0 bridgehead atoms. The third kappa shape index (κ3) is 27.9. The average molecular weight is 1350 g/mol. The van der Waals surface area contributed by atoms with Crippen LogP contribution in [0.1, 0.15) is 119 Å². The van der Waals surface area contributed by atoms with Gasteiger partial charge in [0.1, 0.15) is 35.3 Å². The van der Waals surface area contributed by atoms with E-state index in [9.17, 15) is 57.8 Å². The molecule has 484 valence electrons. The summed E-state index contributed by atoms with van der Waals surface area (Å²) in [5, 5.41) is 27.1. The molecule has 26 nitrogen and oxygen atoms in total. The molecule has 2 aromatic heterocycles. The number of hydrogen-bond donors (Lipinski definition) is 8. The minimum atomic E-state index is -1.35. The first-order valence-corrected chi connectivity index (χ1v) is 31.4. The number of carbonyl (C=O) groups excluding carboxylic acids is 9. The molecule has 8 N–H and O–H groups in total. The number of rotatable bonds is 35. The van der Waals surface area contributed by atoms with Crippen LogP contribution in [0.3, 0.4) is 0 Å². The molecule has 0 aliphatic carbocycles. The van der Waals surface area contributed by atoms with Crippen LogP contribution < -0.4 is 37.5 Å².